The second kappa shape index (κ2) is 6.95. The Morgan fingerprint density at radius 2 is 1.85 bits per heavy atom. The number of nitrogens with one attached hydrogen (secondary N) is 1. The molecule has 0 fully saturated rings. The molecule has 0 aliphatic rings. The summed E-state index contributed by atoms with van der Waals surface area (Å²) in [5.41, 5.74) is -0.127. The fourth-order valence-corrected chi connectivity index (χ4v) is 1.75. The van der Waals surface area contributed by atoms with E-state index in [0.717, 1.165) is 0 Å². The maximum atomic E-state index is 11.7. The van der Waals surface area contributed by atoms with Gasteiger partial charge in [-0.1, -0.05) is 23.2 Å². The summed E-state index contributed by atoms with van der Waals surface area (Å²) >= 11 is 11.7. The van der Waals surface area contributed by atoms with Gasteiger partial charge in [0.25, 0.3) is 0 Å². The third-order valence-electron chi connectivity index (χ3n) is 2.18. The van der Waals surface area contributed by atoms with E-state index in [9.17, 15) is 9.59 Å². The fourth-order valence-electron chi connectivity index (χ4n) is 1.41. The Morgan fingerprint density at radius 3 is 2.45 bits per heavy atom. The van der Waals surface area contributed by atoms with Crippen LogP contribution in [0.2, 0.25) is 10.0 Å². The largest absolute Gasteiger partial charge is 0.460 e. The molecule has 0 spiro atoms. The number of hydrogen-bond donors (Lipinski definition) is 1. The van der Waals surface area contributed by atoms with Crippen molar-refractivity contribution in [1.82, 2.24) is 0 Å². The summed E-state index contributed by atoms with van der Waals surface area (Å²) in [5, 5.41) is 3.46. The molecule has 0 atom stereocenters. The van der Waals surface area contributed by atoms with E-state index in [2.05, 4.69) is 5.32 Å². The number of ether oxygens (including phenoxy) is 1. The van der Waals surface area contributed by atoms with E-state index >= 15 is 0 Å². The monoisotopic (exact) mass is 317 g/mol. The molecule has 4 nitrogen and oxygen atoms in total. The van der Waals surface area contributed by atoms with E-state index in [1.54, 1.807) is 39.0 Å². The van der Waals surface area contributed by atoms with E-state index < -0.39 is 11.6 Å². The Hall–Kier alpha value is -1.26. The Kier molecular flexibility index (Phi) is 5.84. The lowest BCUT2D eigenvalue weighted by molar-refractivity contribution is -0.155. The zero-order valence-electron chi connectivity index (χ0n) is 11.6. The van der Waals surface area contributed by atoms with Crippen LogP contribution in [0, 0.1) is 0 Å². The Morgan fingerprint density at radius 1 is 1.20 bits per heavy atom. The molecule has 0 aliphatic carbocycles. The van der Waals surface area contributed by atoms with Crippen molar-refractivity contribution in [3.63, 3.8) is 0 Å². The molecule has 0 radical (unpaired) electrons. The molecule has 0 unspecified atom stereocenters. The second-order valence-electron chi connectivity index (χ2n) is 5.26. The van der Waals surface area contributed by atoms with Gasteiger partial charge in [0.2, 0.25) is 5.91 Å². The van der Waals surface area contributed by atoms with Gasteiger partial charge < -0.3 is 10.1 Å². The van der Waals surface area contributed by atoms with Crippen LogP contribution in [-0.2, 0) is 14.3 Å². The van der Waals surface area contributed by atoms with Gasteiger partial charge in [-0.3, -0.25) is 9.59 Å². The third kappa shape index (κ3) is 6.26. The summed E-state index contributed by atoms with van der Waals surface area (Å²) in [7, 11) is 0. The van der Waals surface area contributed by atoms with Crippen LogP contribution in [0.5, 0.6) is 0 Å². The van der Waals surface area contributed by atoms with Crippen molar-refractivity contribution in [3.05, 3.63) is 28.2 Å². The van der Waals surface area contributed by atoms with Gasteiger partial charge >= 0.3 is 5.97 Å². The summed E-state index contributed by atoms with van der Waals surface area (Å²) in [6, 6.07) is 4.77. The van der Waals surface area contributed by atoms with Crippen molar-refractivity contribution in [3.8, 4) is 0 Å². The molecule has 1 aromatic carbocycles. The van der Waals surface area contributed by atoms with Crippen molar-refractivity contribution >= 4 is 40.8 Å². The lowest BCUT2D eigenvalue weighted by Crippen LogP contribution is -2.24. The van der Waals surface area contributed by atoms with Crippen LogP contribution in [0.4, 0.5) is 5.69 Å². The zero-order valence-corrected chi connectivity index (χ0v) is 13.1. The zero-order chi connectivity index (χ0) is 15.3. The van der Waals surface area contributed by atoms with Crippen LogP contribution in [0.1, 0.15) is 33.6 Å². The molecule has 20 heavy (non-hydrogen) atoms. The summed E-state index contributed by atoms with van der Waals surface area (Å²) in [5.74, 6) is -0.732. The SMILES string of the molecule is CC(C)(C)OC(=O)CCC(=O)Nc1cc(Cl)ccc1Cl. The van der Waals surface area contributed by atoms with Gasteiger partial charge in [0.05, 0.1) is 17.1 Å². The molecule has 0 aromatic heterocycles. The number of benzene rings is 1. The first kappa shape index (κ1) is 16.8. The topological polar surface area (TPSA) is 55.4 Å². The predicted molar refractivity (Wildman–Crippen MR) is 80.2 cm³/mol. The van der Waals surface area contributed by atoms with Crippen LogP contribution in [-0.4, -0.2) is 17.5 Å². The minimum atomic E-state index is -0.552. The van der Waals surface area contributed by atoms with E-state index in [1.165, 1.54) is 0 Å². The number of hydrogen-bond acceptors (Lipinski definition) is 3. The predicted octanol–water partition coefficient (Wildman–Crippen LogP) is 4.05. The van der Waals surface area contributed by atoms with E-state index in [-0.39, 0.29) is 18.7 Å². The average molecular weight is 318 g/mol. The van der Waals surface area contributed by atoms with Crippen LogP contribution in [0.15, 0.2) is 18.2 Å². The molecule has 1 amide bonds. The first-order valence-corrected chi connectivity index (χ1v) is 6.90. The number of rotatable bonds is 4. The molecule has 0 heterocycles. The molecular formula is C14H17Cl2NO3. The molecule has 0 bridgehead atoms. The van der Waals surface area contributed by atoms with Crippen molar-refractivity contribution in [1.29, 1.82) is 0 Å². The second-order valence-corrected chi connectivity index (χ2v) is 6.10. The number of carbonyl (C=O) groups excluding carboxylic acids is 2. The van der Waals surface area contributed by atoms with Crippen molar-refractivity contribution in [2.75, 3.05) is 5.32 Å². The summed E-state index contributed by atoms with van der Waals surface area (Å²) in [6.45, 7) is 5.32. The van der Waals surface area contributed by atoms with E-state index in [4.69, 9.17) is 27.9 Å². The summed E-state index contributed by atoms with van der Waals surface area (Å²) in [6.07, 6.45) is 0.0407. The van der Waals surface area contributed by atoms with Crippen LogP contribution in [0.3, 0.4) is 0 Å². The fraction of sp³-hybridized carbons (Fsp3) is 0.429. The standard InChI is InChI=1S/C14H17Cl2NO3/c1-14(2,3)20-13(19)7-6-12(18)17-11-8-9(15)4-5-10(11)16/h4-5,8H,6-7H2,1-3H3,(H,17,18). The highest BCUT2D eigenvalue weighted by Gasteiger charge is 2.17. The third-order valence-corrected chi connectivity index (χ3v) is 2.74. The number of carbonyl (C=O) groups is 2. The molecule has 0 aliphatic heterocycles. The first-order valence-electron chi connectivity index (χ1n) is 6.14. The summed E-state index contributed by atoms with van der Waals surface area (Å²) in [4.78, 5) is 23.2. The molecule has 1 aromatic rings. The number of esters is 1. The summed E-state index contributed by atoms with van der Waals surface area (Å²) < 4.78 is 5.12. The number of halogens is 2. The maximum absolute atomic E-state index is 11.7. The van der Waals surface area contributed by atoms with Gasteiger partial charge in [0.15, 0.2) is 0 Å². The Balaban J connectivity index is 2.48. The average Bonchev–Trinajstić information content (AvgIpc) is 2.29. The molecule has 1 N–H and O–H groups in total. The normalized spacial score (nSPS) is 11.1. The van der Waals surface area contributed by atoms with Gasteiger partial charge in [0.1, 0.15) is 5.60 Å². The lowest BCUT2D eigenvalue weighted by Gasteiger charge is -2.19. The van der Waals surface area contributed by atoms with Gasteiger partial charge in [-0.05, 0) is 39.0 Å². The Bertz CT molecular complexity index is 510. The Labute approximate surface area is 128 Å². The number of amides is 1. The highest BCUT2D eigenvalue weighted by Crippen LogP contribution is 2.25. The van der Waals surface area contributed by atoms with Crippen molar-refractivity contribution < 1.29 is 14.3 Å². The van der Waals surface area contributed by atoms with E-state index in [1.807, 2.05) is 0 Å². The van der Waals surface area contributed by atoms with Gasteiger partial charge in [-0.15, -0.1) is 0 Å². The highest BCUT2D eigenvalue weighted by atomic mass is 35.5. The molecule has 0 saturated heterocycles. The van der Waals surface area contributed by atoms with Crippen molar-refractivity contribution in [2.24, 2.45) is 0 Å². The minimum Gasteiger partial charge on any atom is -0.460 e. The molecule has 1 rings (SSSR count). The molecular weight excluding hydrogens is 301 g/mol. The van der Waals surface area contributed by atoms with E-state index in [0.29, 0.717) is 15.7 Å². The minimum absolute atomic E-state index is 0.0152. The van der Waals surface area contributed by atoms with Crippen LogP contribution >= 0.6 is 23.2 Å². The maximum Gasteiger partial charge on any atom is 0.306 e. The molecule has 6 heteroatoms. The molecule has 0 saturated carbocycles. The van der Waals surface area contributed by atoms with Crippen LogP contribution < -0.4 is 5.32 Å². The first-order chi connectivity index (χ1) is 9.17. The highest BCUT2D eigenvalue weighted by molar-refractivity contribution is 6.35. The van der Waals surface area contributed by atoms with Gasteiger partial charge in [0, 0.05) is 11.4 Å². The quantitative estimate of drug-likeness (QED) is 0.852. The number of anilines is 1. The molecule has 110 valence electrons. The van der Waals surface area contributed by atoms with Crippen LogP contribution in [0.25, 0.3) is 0 Å². The van der Waals surface area contributed by atoms with Gasteiger partial charge in [-0.2, -0.15) is 0 Å². The smallest absolute Gasteiger partial charge is 0.306 e. The van der Waals surface area contributed by atoms with Crippen molar-refractivity contribution in [2.45, 2.75) is 39.2 Å². The lowest BCUT2D eigenvalue weighted by atomic mass is 10.2. The van der Waals surface area contributed by atoms with Gasteiger partial charge in [-0.25, -0.2) is 0 Å².